The highest BCUT2D eigenvalue weighted by molar-refractivity contribution is 7.12. The summed E-state index contributed by atoms with van der Waals surface area (Å²) in [4.78, 5) is 40.9. The Morgan fingerprint density at radius 2 is 1.64 bits per heavy atom. The van der Waals surface area contributed by atoms with Gasteiger partial charge in [0.15, 0.2) is 0 Å². The Hall–Kier alpha value is -3.45. The summed E-state index contributed by atoms with van der Waals surface area (Å²) in [5, 5.41) is 7.84. The molecule has 0 aliphatic carbocycles. The van der Waals surface area contributed by atoms with E-state index < -0.39 is 0 Å². The molecule has 170 valence electrons. The number of benzene rings is 2. The molecule has 0 spiro atoms. The largest absolute Gasteiger partial charge is 0.345 e. The summed E-state index contributed by atoms with van der Waals surface area (Å²) in [5.41, 5.74) is 1.94. The maximum absolute atomic E-state index is 12.9. The van der Waals surface area contributed by atoms with E-state index in [1.54, 1.807) is 24.3 Å². The van der Waals surface area contributed by atoms with Crippen molar-refractivity contribution < 1.29 is 14.4 Å². The number of hydrogen-bond acceptors (Lipinski definition) is 4. The minimum atomic E-state index is -0.237. The van der Waals surface area contributed by atoms with E-state index in [0.29, 0.717) is 37.2 Å². The van der Waals surface area contributed by atoms with Crippen molar-refractivity contribution in [2.24, 2.45) is 5.92 Å². The minimum absolute atomic E-state index is 0.0263. The molecule has 2 N–H and O–H groups in total. The summed E-state index contributed by atoms with van der Waals surface area (Å²) in [6.07, 6.45) is 1.20. The molecule has 1 aliphatic heterocycles. The summed E-state index contributed by atoms with van der Waals surface area (Å²) in [5.74, 6) is -0.525. The third-order valence-corrected chi connectivity index (χ3v) is 6.82. The molecule has 1 aliphatic rings. The topological polar surface area (TPSA) is 78.5 Å². The first-order chi connectivity index (χ1) is 16.0. The lowest BCUT2D eigenvalue weighted by atomic mass is 9.95. The molecule has 0 radical (unpaired) electrons. The fraction of sp³-hybridized carbons (Fsp3) is 0.269. The van der Waals surface area contributed by atoms with Crippen molar-refractivity contribution in [2.75, 3.05) is 18.4 Å². The van der Waals surface area contributed by atoms with Crippen LogP contribution in [0.4, 0.5) is 5.69 Å². The number of carbonyl (C=O) groups excluding carboxylic acids is 3. The fourth-order valence-corrected chi connectivity index (χ4v) is 4.72. The lowest BCUT2D eigenvalue weighted by Crippen LogP contribution is -2.41. The van der Waals surface area contributed by atoms with Crippen molar-refractivity contribution in [2.45, 2.75) is 25.8 Å². The number of piperidine rings is 1. The molecule has 0 saturated carbocycles. The van der Waals surface area contributed by atoms with E-state index in [1.165, 1.54) is 11.3 Å². The lowest BCUT2D eigenvalue weighted by molar-refractivity contribution is -0.121. The van der Waals surface area contributed by atoms with Gasteiger partial charge in [-0.3, -0.25) is 14.4 Å². The molecule has 1 atom stereocenters. The number of hydrogen-bond donors (Lipinski definition) is 2. The van der Waals surface area contributed by atoms with Crippen LogP contribution in [0.3, 0.4) is 0 Å². The first-order valence-corrected chi connectivity index (χ1v) is 12.0. The van der Waals surface area contributed by atoms with Crippen molar-refractivity contribution in [1.82, 2.24) is 10.2 Å². The van der Waals surface area contributed by atoms with Gasteiger partial charge < -0.3 is 15.5 Å². The number of anilines is 1. The molecule has 3 amide bonds. The van der Waals surface area contributed by atoms with E-state index in [4.69, 9.17) is 0 Å². The smallest absolute Gasteiger partial charge is 0.263 e. The number of amides is 3. The normalized spacial score (nSPS) is 15.0. The van der Waals surface area contributed by atoms with Gasteiger partial charge in [-0.05, 0) is 48.9 Å². The Bertz CT molecular complexity index is 1110. The highest BCUT2D eigenvalue weighted by Gasteiger charge is 2.29. The number of thiophene rings is 1. The fourth-order valence-electron chi connectivity index (χ4n) is 4.03. The summed E-state index contributed by atoms with van der Waals surface area (Å²) >= 11 is 1.43. The maximum atomic E-state index is 12.9. The van der Waals surface area contributed by atoms with E-state index in [9.17, 15) is 14.4 Å². The Kier molecular flexibility index (Phi) is 7.19. The van der Waals surface area contributed by atoms with Gasteiger partial charge in [-0.2, -0.15) is 0 Å². The highest BCUT2D eigenvalue weighted by atomic mass is 32.1. The molecule has 1 unspecified atom stereocenters. The van der Waals surface area contributed by atoms with Crippen LogP contribution in [0.2, 0.25) is 0 Å². The van der Waals surface area contributed by atoms with Crippen LogP contribution in [0.5, 0.6) is 0 Å². The van der Waals surface area contributed by atoms with Gasteiger partial charge in [0, 0.05) is 19.0 Å². The third kappa shape index (κ3) is 5.49. The van der Waals surface area contributed by atoms with Crippen LogP contribution in [-0.4, -0.2) is 35.7 Å². The van der Waals surface area contributed by atoms with Crippen LogP contribution in [0.15, 0.2) is 72.1 Å². The predicted octanol–water partition coefficient (Wildman–Crippen LogP) is 4.73. The number of nitrogens with one attached hydrogen (secondary N) is 2. The molecular weight excluding hydrogens is 434 g/mol. The zero-order valence-electron chi connectivity index (χ0n) is 18.5. The second kappa shape index (κ2) is 10.4. The highest BCUT2D eigenvalue weighted by Crippen LogP contribution is 2.24. The molecule has 6 nitrogen and oxygen atoms in total. The van der Waals surface area contributed by atoms with Crippen LogP contribution in [0.1, 0.15) is 51.4 Å². The summed E-state index contributed by atoms with van der Waals surface area (Å²) in [6.45, 7) is 3.02. The van der Waals surface area contributed by atoms with Crippen LogP contribution >= 0.6 is 11.3 Å². The van der Waals surface area contributed by atoms with Crippen LogP contribution in [0.25, 0.3) is 0 Å². The van der Waals surface area contributed by atoms with Gasteiger partial charge in [0.1, 0.15) is 0 Å². The Morgan fingerprint density at radius 3 is 2.33 bits per heavy atom. The monoisotopic (exact) mass is 461 g/mol. The standard InChI is InChI=1S/C26H27N3O3S/c1-18(19-8-3-2-4-9-19)27-25(31)21-10-5-6-11-22(21)28-24(30)20-13-15-29(16-14-20)26(32)23-12-7-17-33-23/h2-12,17-18,20H,13-16H2,1H3,(H,27,31)(H,28,30). The zero-order chi connectivity index (χ0) is 23.2. The second-order valence-corrected chi connectivity index (χ2v) is 9.13. The number of para-hydroxylation sites is 1. The molecule has 1 fully saturated rings. The molecule has 1 saturated heterocycles. The minimum Gasteiger partial charge on any atom is -0.345 e. The van der Waals surface area contributed by atoms with Gasteiger partial charge in [0.2, 0.25) is 5.91 Å². The Labute approximate surface area is 197 Å². The van der Waals surface area contributed by atoms with Crippen molar-refractivity contribution >= 4 is 34.7 Å². The number of rotatable bonds is 6. The summed E-state index contributed by atoms with van der Waals surface area (Å²) in [6, 6.07) is 20.3. The van der Waals surface area contributed by atoms with E-state index in [1.807, 2.05) is 59.7 Å². The molecule has 33 heavy (non-hydrogen) atoms. The third-order valence-electron chi connectivity index (χ3n) is 5.96. The van der Waals surface area contributed by atoms with Gasteiger partial charge in [-0.1, -0.05) is 48.5 Å². The maximum Gasteiger partial charge on any atom is 0.263 e. The van der Waals surface area contributed by atoms with Crippen molar-refractivity contribution in [3.63, 3.8) is 0 Å². The summed E-state index contributed by atoms with van der Waals surface area (Å²) in [7, 11) is 0. The predicted molar refractivity (Wildman–Crippen MR) is 130 cm³/mol. The SMILES string of the molecule is CC(NC(=O)c1ccccc1NC(=O)C1CCN(C(=O)c2cccs2)CC1)c1ccccc1. The van der Waals surface area contributed by atoms with Crippen LogP contribution < -0.4 is 10.6 Å². The first kappa shape index (κ1) is 22.7. The van der Waals surface area contributed by atoms with Gasteiger partial charge in [-0.15, -0.1) is 11.3 Å². The van der Waals surface area contributed by atoms with Gasteiger partial charge in [0.25, 0.3) is 11.8 Å². The molecule has 3 aromatic rings. The van der Waals surface area contributed by atoms with Crippen molar-refractivity contribution in [3.05, 3.63) is 88.1 Å². The van der Waals surface area contributed by atoms with Crippen molar-refractivity contribution in [3.8, 4) is 0 Å². The van der Waals surface area contributed by atoms with Crippen LogP contribution in [0, 0.1) is 5.92 Å². The van der Waals surface area contributed by atoms with E-state index in [2.05, 4.69) is 10.6 Å². The average molecular weight is 462 g/mol. The molecule has 1 aromatic heterocycles. The Morgan fingerprint density at radius 1 is 0.939 bits per heavy atom. The molecule has 0 bridgehead atoms. The zero-order valence-corrected chi connectivity index (χ0v) is 19.3. The molecule has 7 heteroatoms. The average Bonchev–Trinajstić information content (AvgIpc) is 3.39. The van der Waals surface area contributed by atoms with Gasteiger partial charge in [0.05, 0.1) is 22.2 Å². The molecule has 2 aromatic carbocycles. The second-order valence-electron chi connectivity index (χ2n) is 8.18. The molecule has 4 rings (SSSR count). The number of carbonyl (C=O) groups is 3. The van der Waals surface area contributed by atoms with E-state index >= 15 is 0 Å². The summed E-state index contributed by atoms with van der Waals surface area (Å²) < 4.78 is 0. The van der Waals surface area contributed by atoms with Gasteiger partial charge in [-0.25, -0.2) is 0 Å². The first-order valence-electron chi connectivity index (χ1n) is 11.1. The van der Waals surface area contributed by atoms with Crippen LogP contribution in [-0.2, 0) is 4.79 Å². The van der Waals surface area contributed by atoms with E-state index in [-0.39, 0.29) is 29.7 Å². The quantitative estimate of drug-likeness (QED) is 0.557. The van der Waals surface area contributed by atoms with Crippen molar-refractivity contribution in [1.29, 1.82) is 0 Å². The molecular formula is C26H27N3O3S. The lowest BCUT2D eigenvalue weighted by Gasteiger charge is -2.31. The van der Waals surface area contributed by atoms with Gasteiger partial charge >= 0.3 is 0 Å². The number of nitrogens with zero attached hydrogens (tertiary/aromatic N) is 1. The Balaban J connectivity index is 1.36. The van der Waals surface area contributed by atoms with E-state index in [0.717, 1.165) is 10.4 Å². The molecule has 2 heterocycles. The number of likely N-dealkylation sites (tertiary alicyclic amines) is 1.